The average Bonchev–Trinajstić information content (AvgIpc) is 2.48. The van der Waals surface area contributed by atoms with Crippen molar-refractivity contribution in [3.63, 3.8) is 0 Å². The minimum absolute atomic E-state index is 0.159. The smallest absolute Gasteiger partial charge is 0.253 e. The van der Waals surface area contributed by atoms with E-state index in [0.717, 1.165) is 31.0 Å². The van der Waals surface area contributed by atoms with Crippen LogP contribution in [0.3, 0.4) is 0 Å². The summed E-state index contributed by atoms with van der Waals surface area (Å²) in [7, 11) is 0. The summed E-state index contributed by atoms with van der Waals surface area (Å²) < 4.78 is 1.89. The van der Waals surface area contributed by atoms with Crippen molar-refractivity contribution in [3.05, 3.63) is 34.2 Å². The predicted octanol–water partition coefficient (Wildman–Crippen LogP) is 3.11. The molecule has 1 saturated carbocycles. The van der Waals surface area contributed by atoms with E-state index in [9.17, 15) is 4.79 Å². The van der Waals surface area contributed by atoms with Gasteiger partial charge in [-0.15, -0.1) is 0 Å². The van der Waals surface area contributed by atoms with Crippen molar-refractivity contribution < 1.29 is 0 Å². The van der Waals surface area contributed by atoms with Gasteiger partial charge in [0.2, 0.25) is 0 Å². The van der Waals surface area contributed by atoms with E-state index in [1.165, 1.54) is 32.1 Å². The predicted molar refractivity (Wildman–Crippen MR) is 84.1 cm³/mol. The molecule has 0 spiro atoms. The summed E-state index contributed by atoms with van der Waals surface area (Å²) in [4.78, 5) is 12.2. The quantitative estimate of drug-likeness (QED) is 0.866. The summed E-state index contributed by atoms with van der Waals surface area (Å²) in [6, 6.07) is 4.32. The summed E-state index contributed by atoms with van der Waals surface area (Å²) in [5, 5.41) is 3.67. The van der Waals surface area contributed by atoms with Gasteiger partial charge in [0, 0.05) is 24.3 Å². The van der Waals surface area contributed by atoms with Gasteiger partial charge in [-0.25, -0.2) is 0 Å². The van der Waals surface area contributed by atoms with Crippen LogP contribution in [0.2, 0.25) is 0 Å². The number of rotatable bonds is 6. The van der Waals surface area contributed by atoms with E-state index in [4.69, 9.17) is 0 Å². The lowest BCUT2D eigenvalue weighted by atomic mass is 9.83. The van der Waals surface area contributed by atoms with Crippen LogP contribution in [0.15, 0.2) is 23.1 Å². The Morgan fingerprint density at radius 2 is 2.10 bits per heavy atom. The molecule has 0 amide bonds. The van der Waals surface area contributed by atoms with Crippen molar-refractivity contribution in [2.45, 2.75) is 65.0 Å². The molecular weight excluding hydrogens is 248 g/mol. The monoisotopic (exact) mass is 276 g/mol. The lowest BCUT2D eigenvalue weighted by Crippen LogP contribution is -2.43. The van der Waals surface area contributed by atoms with E-state index in [1.54, 1.807) is 0 Å². The molecule has 2 rings (SSSR count). The van der Waals surface area contributed by atoms with E-state index in [1.807, 2.05) is 29.8 Å². The van der Waals surface area contributed by atoms with Gasteiger partial charge in [-0.1, -0.05) is 32.3 Å². The number of aromatic nitrogens is 1. The first-order valence-corrected chi connectivity index (χ1v) is 8.11. The van der Waals surface area contributed by atoms with Crippen LogP contribution < -0.4 is 10.9 Å². The van der Waals surface area contributed by atoms with Crippen LogP contribution in [0.5, 0.6) is 0 Å². The van der Waals surface area contributed by atoms with Gasteiger partial charge >= 0.3 is 0 Å². The lowest BCUT2D eigenvalue weighted by molar-refractivity contribution is 0.246. The minimum Gasteiger partial charge on any atom is -0.314 e. The van der Waals surface area contributed by atoms with E-state index in [2.05, 4.69) is 12.2 Å². The number of hydrogen-bond donors (Lipinski definition) is 1. The molecule has 1 heterocycles. The molecule has 0 radical (unpaired) electrons. The fraction of sp³-hybridized carbons (Fsp3) is 0.706. The first-order chi connectivity index (χ1) is 9.72. The van der Waals surface area contributed by atoms with Gasteiger partial charge in [0.15, 0.2) is 0 Å². The highest BCUT2D eigenvalue weighted by atomic mass is 16.1. The van der Waals surface area contributed by atoms with Crippen LogP contribution in [0, 0.1) is 12.8 Å². The summed E-state index contributed by atoms with van der Waals surface area (Å²) in [6.07, 6.45) is 9.76. The Labute approximate surface area is 122 Å². The van der Waals surface area contributed by atoms with Crippen molar-refractivity contribution >= 4 is 0 Å². The molecule has 1 fully saturated rings. The van der Waals surface area contributed by atoms with Gasteiger partial charge in [-0.2, -0.15) is 0 Å². The number of pyridine rings is 1. The topological polar surface area (TPSA) is 34.0 Å². The summed E-state index contributed by atoms with van der Waals surface area (Å²) >= 11 is 0. The normalized spacial score (nSPS) is 18.1. The molecule has 1 N–H and O–H groups in total. The maximum Gasteiger partial charge on any atom is 0.253 e. The van der Waals surface area contributed by atoms with Crippen LogP contribution in [-0.2, 0) is 6.54 Å². The van der Waals surface area contributed by atoms with Crippen LogP contribution in [0.25, 0.3) is 0 Å². The zero-order valence-corrected chi connectivity index (χ0v) is 12.9. The Balaban J connectivity index is 2.09. The van der Waals surface area contributed by atoms with Crippen LogP contribution in [0.4, 0.5) is 0 Å². The minimum atomic E-state index is 0.159. The number of hydrogen-bond acceptors (Lipinski definition) is 2. The maximum atomic E-state index is 12.2. The Bertz CT molecular complexity index is 460. The lowest BCUT2D eigenvalue weighted by Gasteiger charge is -2.31. The Hall–Kier alpha value is -1.09. The van der Waals surface area contributed by atoms with Gasteiger partial charge in [0.25, 0.3) is 5.56 Å². The van der Waals surface area contributed by atoms with Gasteiger partial charge in [-0.05, 0) is 44.7 Å². The third kappa shape index (κ3) is 3.95. The molecule has 0 aliphatic heterocycles. The summed E-state index contributed by atoms with van der Waals surface area (Å²) in [5.74, 6) is 0.725. The molecule has 1 unspecified atom stereocenters. The molecule has 20 heavy (non-hydrogen) atoms. The molecule has 0 saturated heterocycles. The van der Waals surface area contributed by atoms with E-state index in [0.29, 0.717) is 6.04 Å². The summed E-state index contributed by atoms with van der Waals surface area (Å²) in [6.45, 7) is 5.95. The van der Waals surface area contributed by atoms with E-state index >= 15 is 0 Å². The van der Waals surface area contributed by atoms with Crippen molar-refractivity contribution in [1.29, 1.82) is 0 Å². The van der Waals surface area contributed by atoms with Crippen molar-refractivity contribution in [2.75, 3.05) is 6.54 Å². The molecule has 112 valence electrons. The zero-order valence-electron chi connectivity index (χ0n) is 12.9. The van der Waals surface area contributed by atoms with Crippen molar-refractivity contribution in [2.24, 2.45) is 5.92 Å². The third-order valence-electron chi connectivity index (χ3n) is 4.48. The maximum absolute atomic E-state index is 12.2. The van der Waals surface area contributed by atoms with E-state index < -0.39 is 0 Å². The number of aryl methyl sites for hydroxylation is 1. The fourth-order valence-electron chi connectivity index (χ4n) is 3.26. The Morgan fingerprint density at radius 3 is 2.80 bits per heavy atom. The number of nitrogens with one attached hydrogen (secondary N) is 1. The second-order valence-electron chi connectivity index (χ2n) is 6.11. The standard InChI is InChI=1S/C17H28N2O/c1-3-11-18-16(15-9-5-4-6-10-15)13-19-12-7-8-14(2)17(19)20/h7-8,12,15-16,18H,3-6,9-11,13H2,1-2H3. The Kier molecular flexibility index (Phi) is 5.84. The van der Waals surface area contributed by atoms with Crippen LogP contribution in [0.1, 0.15) is 51.0 Å². The van der Waals surface area contributed by atoms with Crippen LogP contribution >= 0.6 is 0 Å². The number of nitrogens with zero attached hydrogens (tertiary/aromatic N) is 1. The average molecular weight is 276 g/mol. The zero-order chi connectivity index (χ0) is 14.4. The molecule has 1 aliphatic carbocycles. The van der Waals surface area contributed by atoms with Gasteiger partial charge in [-0.3, -0.25) is 4.79 Å². The molecule has 1 aliphatic rings. The van der Waals surface area contributed by atoms with Gasteiger partial charge < -0.3 is 9.88 Å². The fourth-order valence-corrected chi connectivity index (χ4v) is 3.26. The van der Waals surface area contributed by atoms with Crippen LogP contribution in [-0.4, -0.2) is 17.2 Å². The molecule has 0 aromatic carbocycles. The third-order valence-corrected chi connectivity index (χ3v) is 4.48. The molecule has 1 atom stereocenters. The Morgan fingerprint density at radius 1 is 1.35 bits per heavy atom. The van der Waals surface area contributed by atoms with Crippen molar-refractivity contribution in [3.8, 4) is 0 Å². The van der Waals surface area contributed by atoms with E-state index in [-0.39, 0.29) is 5.56 Å². The molecular formula is C17H28N2O. The molecule has 1 aromatic heterocycles. The largest absolute Gasteiger partial charge is 0.314 e. The summed E-state index contributed by atoms with van der Waals surface area (Å²) in [5.41, 5.74) is 0.997. The van der Waals surface area contributed by atoms with Crippen molar-refractivity contribution in [1.82, 2.24) is 9.88 Å². The molecule has 1 aromatic rings. The molecule has 3 heteroatoms. The van der Waals surface area contributed by atoms with Gasteiger partial charge in [0.05, 0.1) is 0 Å². The van der Waals surface area contributed by atoms with Gasteiger partial charge in [0.1, 0.15) is 0 Å². The molecule has 3 nitrogen and oxygen atoms in total. The SMILES string of the molecule is CCCNC(Cn1cccc(C)c1=O)C1CCCCC1. The highest BCUT2D eigenvalue weighted by Gasteiger charge is 2.23. The first kappa shape index (κ1) is 15.3. The second-order valence-corrected chi connectivity index (χ2v) is 6.11. The first-order valence-electron chi connectivity index (χ1n) is 8.11. The highest BCUT2D eigenvalue weighted by molar-refractivity contribution is 5.07. The highest BCUT2D eigenvalue weighted by Crippen LogP contribution is 2.27. The molecule has 0 bridgehead atoms. The second kappa shape index (κ2) is 7.63.